The number of fused-ring (bicyclic) bond motifs is 1. The third-order valence-corrected chi connectivity index (χ3v) is 4.17. The van der Waals surface area contributed by atoms with Gasteiger partial charge in [-0.25, -0.2) is 14.4 Å². The normalized spacial score (nSPS) is 11.0. The highest BCUT2D eigenvalue weighted by Crippen LogP contribution is 2.19. The summed E-state index contributed by atoms with van der Waals surface area (Å²) in [4.78, 5) is 23.7. The molecule has 136 valence electrons. The fraction of sp³-hybridized carbons (Fsp3) is 0.150. The number of hydrogen-bond donors (Lipinski definition) is 1. The van der Waals surface area contributed by atoms with Crippen LogP contribution in [0.25, 0.3) is 22.6 Å². The summed E-state index contributed by atoms with van der Waals surface area (Å²) >= 11 is 0. The molecule has 2 heterocycles. The zero-order valence-corrected chi connectivity index (χ0v) is 14.4. The Morgan fingerprint density at radius 3 is 2.67 bits per heavy atom. The number of aryl methyl sites for hydroxylation is 1. The summed E-state index contributed by atoms with van der Waals surface area (Å²) in [5, 5.41) is 0. The molecule has 7 heteroatoms. The van der Waals surface area contributed by atoms with Crippen LogP contribution in [-0.4, -0.2) is 26.1 Å². The van der Waals surface area contributed by atoms with E-state index in [2.05, 4.69) is 15.0 Å². The topological polar surface area (TPSA) is 72.8 Å². The van der Waals surface area contributed by atoms with Crippen molar-refractivity contribution in [3.8, 4) is 17.1 Å². The molecule has 0 fully saturated rings. The van der Waals surface area contributed by atoms with E-state index in [0.29, 0.717) is 30.7 Å². The number of ether oxygens (including phenoxy) is 1. The molecule has 0 bridgehead atoms. The Morgan fingerprint density at radius 2 is 1.85 bits per heavy atom. The minimum atomic E-state index is -0.447. The fourth-order valence-electron chi connectivity index (χ4n) is 2.88. The second kappa shape index (κ2) is 7.41. The highest BCUT2D eigenvalue weighted by molar-refractivity contribution is 5.72. The lowest BCUT2D eigenvalue weighted by molar-refractivity contribution is 0.302. The monoisotopic (exact) mass is 364 g/mol. The number of para-hydroxylation sites is 1. The maximum Gasteiger partial charge on any atom is 0.277 e. The van der Waals surface area contributed by atoms with Gasteiger partial charge in [0.2, 0.25) is 0 Å². The van der Waals surface area contributed by atoms with Gasteiger partial charge in [0, 0.05) is 6.54 Å². The molecule has 0 unspecified atom stereocenters. The van der Waals surface area contributed by atoms with Crippen LogP contribution in [-0.2, 0) is 6.54 Å². The van der Waals surface area contributed by atoms with Crippen LogP contribution in [0.2, 0.25) is 0 Å². The van der Waals surface area contributed by atoms with Gasteiger partial charge in [-0.15, -0.1) is 0 Å². The Morgan fingerprint density at radius 1 is 1.07 bits per heavy atom. The van der Waals surface area contributed by atoms with Gasteiger partial charge in [0.1, 0.15) is 17.4 Å². The summed E-state index contributed by atoms with van der Waals surface area (Å²) in [7, 11) is 0. The average molecular weight is 364 g/mol. The molecule has 6 nitrogen and oxygen atoms in total. The number of aromatic nitrogens is 4. The summed E-state index contributed by atoms with van der Waals surface area (Å²) < 4.78 is 21.4. The van der Waals surface area contributed by atoms with Crippen molar-refractivity contribution < 1.29 is 9.13 Å². The molecule has 2 aromatic heterocycles. The van der Waals surface area contributed by atoms with Crippen molar-refractivity contribution >= 4 is 11.2 Å². The predicted octanol–water partition coefficient (Wildman–Crippen LogP) is 3.39. The average Bonchev–Trinajstić information content (AvgIpc) is 3.10. The van der Waals surface area contributed by atoms with Crippen molar-refractivity contribution in [3.05, 3.63) is 77.1 Å². The standard InChI is InChI=1S/C20H17FN4O2/c21-16-10-5-4-9-15(16)18-23-19-17(20(26)24-18)25(13-22-19)11-6-12-27-14-7-2-1-3-8-14/h1-5,7-10,13H,6,11-12H2,(H,23,24,26). The maximum absolute atomic E-state index is 14.0. The first kappa shape index (κ1) is 17.0. The molecule has 1 N–H and O–H groups in total. The van der Waals surface area contributed by atoms with Gasteiger partial charge < -0.3 is 14.3 Å². The molecular weight excluding hydrogens is 347 g/mol. The molecule has 4 rings (SSSR count). The second-order valence-electron chi connectivity index (χ2n) is 6.02. The molecule has 0 aliphatic carbocycles. The number of hydrogen-bond acceptors (Lipinski definition) is 4. The highest BCUT2D eigenvalue weighted by Gasteiger charge is 2.13. The van der Waals surface area contributed by atoms with E-state index < -0.39 is 5.82 Å². The van der Waals surface area contributed by atoms with Gasteiger partial charge >= 0.3 is 0 Å². The third-order valence-electron chi connectivity index (χ3n) is 4.17. The lowest BCUT2D eigenvalue weighted by Crippen LogP contribution is -2.14. The minimum Gasteiger partial charge on any atom is -0.494 e. The van der Waals surface area contributed by atoms with E-state index in [1.807, 2.05) is 30.3 Å². The molecule has 0 aliphatic heterocycles. The Bertz CT molecular complexity index is 1120. The van der Waals surface area contributed by atoms with Crippen LogP contribution in [0.3, 0.4) is 0 Å². The van der Waals surface area contributed by atoms with Crippen molar-refractivity contribution in [3.63, 3.8) is 0 Å². The van der Waals surface area contributed by atoms with Crippen molar-refractivity contribution in [2.75, 3.05) is 6.61 Å². The molecular formula is C20H17FN4O2. The zero-order valence-electron chi connectivity index (χ0n) is 14.4. The SMILES string of the molecule is O=c1[nH]c(-c2ccccc2F)nc2ncn(CCCOc3ccccc3)c12. The van der Waals surface area contributed by atoms with Gasteiger partial charge in [0.15, 0.2) is 11.2 Å². The number of imidazole rings is 1. The van der Waals surface area contributed by atoms with Crippen molar-refractivity contribution in [1.29, 1.82) is 0 Å². The van der Waals surface area contributed by atoms with E-state index in [-0.39, 0.29) is 16.9 Å². The Kier molecular flexibility index (Phi) is 4.65. The van der Waals surface area contributed by atoms with E-state index in [4.69, 9.17) is 4.74 Å². The fourth-order valence-corrected chi connectivity index (χ4v) is 2.88. The summed E-state index contributed by atoms with van der Waals surface area (Å²) in [5.74, 6) is 0.530. The molecule has 4 aromatic rings. The van der Waals surface area contributed by atoms with Crippen LogP contribution >= 0.6 is 0 Å². The molecule has 0 radical (unpaired) electrons. The molecule has 0 spiro atoms. The number of H-pyrrole nitrogens is 1. The first-order chi connectivity index (χ1) is 13.2. The van der Waals surface area contributed by atoms with E-state index >= 15 is 0 Å². The summed E-state index contributed by atoms with van der Waals surface area (Å²) in [6.45, 7) is 1.08. The first-order valence-corrected chi connectivity index (χ1v) is 8.60. The molecule has 0 aliphatic rings. The van der Waals surface area contributed by atoms with Crippen LogP contribution < -0.4 is 10.3 Å². The lowest BCUT2D eigenvalue weighted by atomic mass is 10.2. The molecule has 2 aromatic carbocycles. The second-order valence-corrected chi connectivity index (χ2v) is 6.02. The number of halogens is 1. The van der Waals surface area contributed by atoms with Crippen molar-refractivity contribution in [1.82, 2.24) is 19.5 Å². The molecule has 0 saturated heterocycles. The van der Waals surface area contributed by atoms with Gasteiger partial charge in [-0.3, -0.25) is 4.79 Å². The van der Waals surface area contributed by atoms with Crippen molar-refractivity contribution in [2.24, 2.45) is 0 Å². The number of nitrogens with zero attached hydrogens (tertiary/aromatic N) is 3. The van der Waals surface area contributed by atoms with Crippen LogP contribution in [0.15, 0.2) is 65.7 Å². The smallest absolute Gasteiger partial charge is 0.277 e. The quantitative estimate of drug-likeness (QED) is 0.532. The van der Waals surface area contributed by atoms with Crippen LogP contribution in [0.1, 0.15) is 6.42 Å². The number of nitrogens with one attached hydrogen (secondary N) is 1. The Hall–Kier alpha value is -3.48. The van der Waals surface area contributed by atoms with Crippen molar-refractivity contribution in [2.45, 2.75) is 13.0 Å². The maximum atomic E-state index is 14.0. The summed E-state index contributed by atoms with van der Waals surface area (Å²) in [5.41, 5.74) is 0.554. The molecule has 0 saturated carbocycles. The number of benzene rings is 2. The highest BCUT2D eigenvalue weighted by atomic mass is 19.1. The van der Waals surface area contributed by atoms with Gasteiger partial charge in [0.25, 0.3) is 5.56 Å². The third kappa shape index (κ3) is 3.57. The van der Waals surface area contributed by atoms with Gasteiger partial charge in [0.05, 0.1) is 18.5 Å². The van der Waals surface area contributed by atoms with Gasteiger partial charge in [-0.2, -0.15) is 0 Å². The summed E-state index contributed by atoms with van der Waals surface area (Å²) in [6.07, 6.45) is 2.27. The minimum absolute atomic E-state index is 0.170. The lowest BCUT2D eigenvalue weighted by Gasteiger charge is -2.07. The number of aromatic amines is 1. The van der Waals surface area contributed by atoms with Crippen LogP contribution in [0.5, 0.6) is 5.75 Å². The van der Waals surface area contributed by atoms with Gasteiger partial charge in [-0.1, -0.05) is 30.3 Å². The van der Waals surface area contributed by atoms with Crippen LogP contribution in [0, 0.1) is 5.82 Å². The zero-order chi connectivity index (χ0) is 18.6. The van der Waals surface area contributed by atoms with E-state index in [9.17, 15) is 9.18 Å². The molecule has 0 atom stereocenters. The Labute approximate surface area is 154 Å². The van der Waals surface area contributed by atoms with E-state index in [1.165, 1.54) is 6.07 Å². The molecule has 27 heavy (non-hydrogen) atoms. The Balaban J connectivity index is 1.52. The van der Waals surface area contributed by atoms with Gasteiger partial charge in [-0.05, 0) is 30.7 Å². The van der Waals surface area contributed by atoms with E-state index in [0.717, 1.165) is 5.75 Å². The predicted molar refractivity (Wildman–Crippen MR) is 100 cm³/mol. The largest absolute Gasteiger partial charge is 0.494 e. The van der Waals surface area contributed by atoms with E-state index in [1.54, 1.807) is 29.1 Å². The number of rotatable bonds is 6. The first-order valence-electron chi connectivity index (χ1n) is 8.60. The summed E-state index contributed by atoms with van der Waals surface area (Å²) in [6, 6.07) is 15.7. The molecule has 0 amide bonds. The van der Waals surface area contributed by atoms with Crippen LogP contribution in [0.4, 0.5) is 4.39 Å².